The van der Waals surface area contributed by atoms with Gasteiger partial charge in [-0.3, -0.25) is 0 Å². The van der Waals surface area contributed by atoms with Crippen LogP contribution in [0.3, 0.4) is 0 Å². The first kappa shape index (κ1) is 14.6. The Morgan fingerprint density at radius 2 is 1.59 bits per heavy atom. The van der Waals surface area contributed by atoms with Crippen molar-refractivity contribution in [1.82, 2.24) is 0 Å². The van der Waals surface area contributed by atoms with Crippen LogP contribution in [0.2, 0.25) is 5.02 Å². The summed E-state index contributed by atoms with van der Waals surface area (Å²) in [7, 11) is 0. The van der Waals surface area contributed by atoms with Gasteiger partial charge in [0.1, 0.15) is 0 Å². The lowest BCUT2D eigenvalue weighted by atomic mass is 9.49. The molecular weight excluding hydrogens is 296 g/mol. The number of ether oxygens (including phenoxy) is 1. The van der Waals surface area contributed by atoms with Crippen molar-refractivity contribution in [3.8, 4) is 0 Å². The van der Waals surface area contributed by atoms with Crippen molar-refractivity contribution in [2.75, 3.05) is 6.61 Å². The Bertz CT molecular complexity index is 528. The largest absolute Gasteiger partial charge is 0.462 e. The van der Waals surface area contributed by atoms with Crippen LogP contribution in [0.4, 0.5) is 0 Å². The molecule has 0 saturated heterocycles. The number of hydrogen-bond acceptors (Lipinski definition) is 2. The van der Waals surface area contributed by atoms with E-state index < -0.39 is 0 Å². The van der Waals surface area contributed by atoms with Gasteiger partial charge in [-0.15, -0.1) is 0 Å². The molecule has 0 N–H and O–H groups in total. The monoisotopic (exact) mass is 318 g/mol. The maximum atomic E-state index is 12.1. The van der Waals surface area contributed by atoms with Gasteiger partial charge < -0.3 is 4.74 Å². The number of esters is 1. The van der Waals surface area contributed by atoms with Crippen molar-refractivity contribution in [3.63, 3.8) is 0 Å². The van der Waals surface area contributed by atoms with Crippen LogP contribution in [-0.2, 0) is 4.74 Å². The SMILES string of the molecule is O=C(OCCC12CC3CC(CC(C3)C1)C2)c1ccc(Cl)cc1. The Labute approximate surface area is 137 Å². The molecule has 0 radical (unpaired) electrons. The average molecular weight is 319 g/mol. The minimum atomic E-state index is -0.221. The molecule has 0 unspecified atom stereocenters. The second kappa shape index (κ2) is 5.56. The molecule has 1 aromatic rings. The lowest BCUT2D eigenvalue weighted by molar-refractivity contribution is -0.0653. The summed E-state index contributed by atoms with van der Waals surface area (Å²) in [6.07, 6.45) is 9.56. The maximum Gasteiger partial charge on any atom is 0.338 e. The maximum absolute atomic E-state index is 12.1. The lowest BCUT2D eigenvalue weighted by Crippen LogP contribution is -2.46. The number of carbonyl (C=O) groups is 1. The summed E-state index contributed by atoms with van der Waals surface area (Å²) in [5.74, 6) is 2.65. The molecule has 0 heterocycles. The van der Waals surface area contributed by atoms with E-state index in [0.29, 0.717) is 22.6 Å². The minimum absolute atomic E-state index is 0.221. The van der Waals surface area contributed by atoms with Crippen LogP contribution in [0.1, 0.15) is 55.3 Å². The quantitative estimate of drug-likeness (QED) is 0.722. The standard InChI is InChI=1S/C19H23ClO2/c20-17-3-1-16(2-4-17)18(21)22-6-5-19-10-13-7-14(11-19)9-15(8-13)12-19/h1-4,13-15H,5-12H2. The Kier molecular flexibility index (Phi) is 3.68. The van der Waals surface area contributed by atoms with E-state index in [9.17, 15) is 4.79 Å². The molecule has 3 heteroatoms. The van der Waals surface area contributed by atoms with E-state index in [1.807, 2.05) is 0 Å². The molecule has 0 aliphatic heterocycles. The first-order chi connectivity index (χ1) is 10.6. The average Bonchev–Trinajstić information content (AvgIpc) is 2.46. The van der Waals surface area contributed by atoms with Gasteiger partial charge in [-0.25, -0.2) is 4.79 Å². The van der Waals surface area contributed by atoms with Gasteiger partial charge in [0.15, 0.2) is 0 Å². The van der Waals surface area contributed by atoms with Crippen LogP contribution in [0, 0.1) is 23.2 Å². The van der Waals surface area contributed by atoms with Crippen LogP contribution in [0.25, 0.3) is 0 Å². The third-order valence-electron chi connectivity index (χ3n) is 6.11. The normalized spacial score (nSPS) is 35.6. The fourth-order valence-corrected chi connectivity index (χ4v) is 5.75. The first-order valence-corrected chi connectivity index (χ1v) is 8.92. The number of carbonyl (C=O) groups excluding carboxylic acids is 1. The van der Waals surface area contributed by atoms with Crippen molar-refractivity contribution in [2.45, 2.75) is 44.9 Å². The van der Waals surface area contributed by atoms with Gasteiger partial charge in [-0.2, -0.15) is 0 Å². The van der Waals surface area contributed by atoms with Gasteiger partial charge in [-0.05, 0) is 92.4 Å². The summed E-state index contributed by atoms with van der Waals surface area (Å²) >= 11 is 5.85. The zero-order valence-electron chi connectivity index (χ0n) is 12.9. The molecule has 4 saturated carbocycles. The molecule has 22 heavy (non-hydrogen) atoms. The summed E-state index contributed by atoms with van der Waals surface area (Å²) in [6.45, 7) is 0.563. The van der Waals surface area contributed by atoms with E-state index in [1.165, 1.54) is 38.5 Å². The Morgan fingerprint density at radius 3 is 2.14 bits per heavy atom. The van der Waals surface area contributed by atoms with Gasteiger partial charge in [0.25, 0.3) is 0 Å². The van der Waals surface area contributed by atoms with Crippen LogP contribution in [0.15, 0.2) is 24.3 Å². The lowest BCUT2D eigenvalue weighted by Gasteiger charge is -2.57. The molecule has 1 aromatic carbocycles. The highest BCUT2D eigenvalue weighted by Gasteiger charge is 2.50. The Hall–Kier alpha value is -1.02. The third kappa shape index (κ3) is 2.78. The highest BCUT2D eigenvalue weighted by molar-refractivity contribution is 6.30. The molecule has 0 spiro atoms. The van der Waals surface area contributed by atoms with E-state index in [4.69, 9.17) is 16.3 Å². The van der Waals surface area contributed by atoms with Crippen LogP contribution in [0.5, 0.6) is 0 Å². The fraction of sp³-hybridized carbons (Fsp3) is 0.632. The molecule has 4 bridgehead atoms. The van der Waals surface area contributed by atoms with Crippen molar-refractivity contribution in [3.05, 3.63) is 34.9 Å². The molecule has 4 aliphatic rings. The van der Waals surface area contributed by atoms with Gasteiger partial charge >= 0.3 is 5.97 Å². The Morgan fingerprint density at radius 1 is 1.05 bits per heavy atom. The molecule has 5 rings (SSSR count). The summed E-state index contributed by atoms with van der Waals surface area (Å²) in [5, 5.41) is 0.644. The van der Waals surface area contributed by atoms with E-state index in [-0.39, 0.29) is 5.97 Å². The van der Waals surface area contributed by atoms with E-state index in [1.54, 1.807) is 24.3 Å². The number of benzene rings is 1. The van der Waals surface area contributed by atoms with Crippen LogP contribution >= 0.6 is 11.6 Å². The molecule has 118 valence electrons. The molecule has 2 nitrogen and oxygen atoms in total. The van der Waals surface area contributed by atoms with Crippen molar-refractivity contribution < 1.29 is 9.53 Å². The van der Waals surface area contributed by atoms with E-state index in [2.05, 4.69) is 0 Å². The van der Waals surface area contributed by atoms with Crippen molar-refractivity contribution in [1.29, 1.82) is 0 Å². The smallest absolute Gasteiger partial charge is 0.338 e. The molecular formula is C19H23ClO2. The Balaban J connectivity index is 1.33. The van der Waals surface area contributed by atoms with E-state index >= 15 is 0 Å². The van der Waals surface area contributed by atoms with Crippen LogP contribution < -0.4 is 0 Å². The molecule has 0 amide bonds. The van der Waals surface area contributed by atoms with Crippen molar-refractivity contribution in [2.24, 2.45) is 23.2 Å². The molecule has 0 atom stereocenters. The summed E-state index contributed by atoms with van der Waals surface area (Å²) in [4.78, 5) is 12.1. The predicted octanol–water partition coefficient (Wildman–Crippen LogP) is 5.10. The highest BCUT2D eigenvalue weighted by Crippen LogP contribution is 2.61. The molecule has 0 aromatic heterocycles. The van der Waals surface area contributed by atoms with E-state index in [0.717, 1.165) is 24.2 Å². The van der Waals surface area contributed by atoms with Gasteiger partial charge in [0.2, 0.25) is 0 Å². The van der Waals surface area contributed by atoms with Crippen molar-refractivity contribution >= 4 is 17.6 Å². The first-order valence-electron chi connectivity index (χ1n) is 8.55. The zero-order chi connectivity index (χ0) is 15.2. The molecule has 4 fully saturated rings. The van der Waals surface area contributed by atoms with Gasteiger partial charge in [-0.1, -0.05) is 11.6 Å². The van der Waals surface area contributed by atoms with Crippen LogP contribution in [-0.4, -0.2) is 12.6 Å². The second-order valence-electron chi connectivity index (χ2n) is 7.81. The molecule has 4 aliphatic carbocycles. The number of rotatable bonds is 4. The summed E-state index contributed by atoms with van der Waals surface area (Å²) in [5.41, 5.74) is 1.07. The van der Waals surface area contributed by atoms with Gasteiger partial charge in [0.05, 0.1) is 12.2 Å². The second-order valence-corrected chi connectivity index (χ2v) is 8.25. The fourth-order valence-electron chi connectivity index (χ4n) is 5.63. The van der Waals surface area contributed by atoms with Gasteiger partial charge in [0, 0.05) is 5.02 Å². The number of halogens is 1. The number of hydrogen-bond donors (Lipinski definition) is 0. The topological polar surface area (TPSA) is 26.3 Å². The predicted molar refractivity (Wildman–Crippen MR) is 87.0 cm³/mol. The summed E-state index contributed by atoms with van der Waals surface area (Å²) < 4.78 is 5.52. The third-order valence-corrected chi connectivity index (χ3v) is 6.36. The highest BCUT2D eigenvalue weighted by atomic mass is 35.5. The summed E-state index contributed by atoms with van der Waals surface area (Å²) in [6, 6.07) is 6.93. The zero-order valence-corrected chi connectivity index (χ0v) is 13.6. The minimum Gasteiger partial charge on any atom is -0.462 e.